The summed E-state index contributed by atoms with van der Waals surface area (Å²) in [5.41, 5.74) is 2.86. The van der Waals surface area contributed by atoms with Crippen LogP contribution in [0.4, 0.5) is 0 Å². The summed E-state index contributed by atoms with van der Waals surface area (Å²) in [6.07, 6.45) is 1.19. The number of carbonyl (C=O) groups excluding carboxylic acids is 1. The van der Waals surface area contributed by atoms with Crippen LogP contribution in [0.5, 0.6) is 0 Å². The van der Waals surface area contributed by atoms with Gasteiger partial charge in [0, 0.05) is 11.8 Å². The van der Waals surface area contributed by atoms with Crippen molar-refractivity contribution in [1.82, 2.24) is 0 Å². The number of hydrogen-bond acceptors (Lipinski definition) is 2. The van der Waals surface area contributed by atoms with Gasteiger partial charge in [-0.15, -0.1) is 0 Å². The molecule has 0 aliphatic heterocycles. The van der Waals surface area contributed by atoms with Gasteiger partial charge in [-0.3, -0.25) is 4.79 Å². The fourth-order valence-corrected chi connectivity index (χ4v) is 1.74. The second kappa shape index (κ2) is 4.58. The molecule has 2 nitrogen and oxygen atoms in total. The molecule has 2 rings (SSSR count). The number of allylic oxidation sites excluding steroid dienone is 1. The van der Waals surface area contributed by atoms with Crippen LogP contribution in [-0.2, 0) is 0 Å². The maximum Gasteiger partial charge on any atom is 0.202 e. The smallest absolute Gasteiger partial charge is 0.202 e. The molecule has 2 heteroatoms. The molecular weight excluding hydrogens is 212 g/mol. The van der Waals surface area contributed by atoms with Crippen LogP contribution in [0.25, 0.3) is 11.0 Å². The molecule has 1 aromatic heterocycles. The standard InChI is InChI=1S/C15H16O2/c1-4-10(2)8-13(16)15-9-12-7-11(3)5-6-14(12)17-15/h5-7,9H,2,4,8H2,1,3H3. The van der Waals surface area contributed by atoms with Crippen molar-refractivity contribution in [2.24, 2.45) is 0 Å². The number of rotatable bonds is 4. The van der Waals surface area contributed by atoms with Gasteiger partial charge in [0.05, 0.1) is 0 Å². The molecular formula is C15H16O2. The van der Waals surface area contributed by atoms with E-state index >= 15 is 0 Å². The van der Waals surface area contributed by atoms with Crippen molar-refractivity contribution >= 4 is 16.8 Å². The Kier molecular flexibility index (Phi) is 3.14. The summed E-state index contributed by atoms with van der Waals surface area (Å²) in [6, 6.07) is 7.71. The molecule has 0 saturated heterocycles. The first-order valence-corrected chi connectivity index (χ1v) is 5.80. The zero-order chi connectivity index (χ0) is 12.4. The summed E-state index contributed by atoms with van der Waals surface area (Å²) in [7, 11) is 0. The van der Waals surface area contributed by atoms with Crippen molar-refractivity contribution in [2.45, 2.75) is 26.7 Å². The van der Waals surface area contributed by atoms with Crippen LogP contribution in [0.3, 0.4) is 0 Å². The Labute approximate surface area is 101 Å². The molecule has 0 amide bonds. The summed E-state index contributed by atoms with van der Waals surface area (Å²) in [4.78, 5) is 11.9. The van der Waals surface area contributed by atoms with Gasteiger partial charge in [-0.05, 0) is 31.5 Å². The summed E-state index contributed by atoms with van der Waals surface area (Å²) in [5, 5.41) is 0.982. The molecule has 1 heterocycles. The van der Waals surface area contributed by atoms with Crippen molar-refractivity contribution in [3.8, 4) is 0 Å². The quantitative estimate of drug-likeness (QED) is 0.577. The van der Waals surface area contributed by atoms with Crippen molar-refractivity contribution in [1.29, 1.82) is 0 Å². The number of ketones is 1. The van der Waals surface area contributed by atoms with Crippen LogP contribution in [-0.4, -0.2) is 5.78 Å². The maximum absolute atomic E-state index is 11.9. The number of benzene rings is 1. The number of hydrogen-bond donors (Lipinski definition) is 0. The molecule has 17 heavy (non-hydrogen) atoms. The Hall–Kier alpha value is -1.83. The lowest BCUT2D eigenvalue weighted by Gasteiger charge is -1.98. The highest BCUT2D eigenvalue weighted by Crippen LogP contribution is 2.22. The van der Waals surface area contributed by atoms with E-state index < -0.39 is 0 Å². The summed E-state index contributed by atoms with van der Waals surface area (Å²) in [5.74, 6) is 0.436. The van der Waals surface area contributed by atoms with Gasteiger partial charge < -0.3 is 4.42 Å². The van der Waals surface area contributed by atoms with E-state index in [9.17, 15) is 4.79 Å². The van der Waals surface area contributed by atoms with Gasteiger partial charge >= 0.3 is 0 Å². The van der Waals surface area contributed by atoms with E-state index in [1.54, 1.807) is 0 Å². The third-order valence-electron chi connectivity index (χ3n) is 2.86. The fourth-order valence-electron chi connectivity index (χ4n) is 1.74. The predicted molar refractivity (Wildman–Crippen MR) is 69.3 cm³/mol. The Morgan fingerprint density at radius 3 is 2.82 bits per heavy atom. The number of carbonyl (C=O) groups is 1. The first-order valence-electron chi connectivity index (χ1n) is 5.80. The highest BCUT2D eigenvalue weighted by molar-refractivity contribution is 5.98. The molecule has 0 radical (unpaired) electrons. The molecule has 1 aromatic carbocycles. The van der Waals surface area contributed by atoms with Gasteiger partial charge in [0.2, 0.25) is 5.78 Å². The van der Waals surface area contributed by atoms with Crippen LogP contribution in [0.1, 0.15) is 35.9 Å². The zero-order valence-electron chi connectivity index (χ0n) is 10.2. The molecule has 0 N–H and O–H groups in total. The van der Waals surface area contributed by atoms with Gasteiger partial charge in [0.1, 0.15) is 5.58 Å². The lowest BCUT2D eigenvalue weighted by atomic mass is 10.1. The first-order chi connectivity index (χ1) is 8.10. The van der Waals surface area contributed by atoms with Gasteiger partial charge in [-0.1, -0.05) is 30.7 Å². The van der Waals surface area contributed by atoms with Crippen LogP contribution in [0.15, 0.2) is 40.8 Å². The minimum Gasteiger partial charge on any atom is -0.453 e. The minimum atomic E-state index is 0.00528. The lowest BCUT2D eigenvalue weighted by Crippen LogP contribution is -1.97. The normalized spacial score (nSPS) is 10.7. The lowest BCUT2D eigenvalue weighted by molar-refractivity contribution is 0.0968. The van der Waals surface area contributed by atoms with Crippen LogP contribution in [0, 0.1) is 6.92 Å². The van der Waals surface area contributed by atoms with Gasteiger partial charge in [0.25, 0.3) is 0 Å². The fraction of sp³-hybridized carbons (Fsp3) is 0.267. The van der Waals surface area contributed by atoms with E-state index in [4.69, 9.17) is 4.42 Å². The molecule has 0 saturated carbocycles. The Bertz CT molecular complexity index is 576. The average molecular weight is 228 g/mol. The zero-order valence-corrected chi connectivity index (χ0v) is 10.2. The number of fused-ring (bicyclic) bond motifs is 1. The Balaban J connectivity index is 2.30. The topological polar surface area (TPSA) is 30.2 Å². The summed E-state index contributed by atoms with van der Waals surface area (Å²) >= 11 is 0. The van der Waals surface area contributed by atoms with Crippen molar-refractivity contribution in [3.63, 3.8) is 0 Å². The highest BCUT2D eigenvalue weighted by atomic mass is 16.3. The minimum absolute atomic E-state index is 0.00528. The van der Waals surface area contributed by atoms with Gasteiger partial charge in [-0.25, -0.2) is 0 Å². The molecule has 2 aromatic rings. The molecule has 0 aliphatic carbocycles. The number of furan rings is 1. The van der Waals surface area contributed by atoms with Crippen LogP contribution >= 0.6 is 0 Å². The van der Waals surface area contributed by atoms with Crippen LogP contribution in [0.2, 0.25) is 0 Å². The Morgan fingerprint density at radius 2 is 2.12 bits per heavy atom. The SMILES string of the molecule is C=C(CC)CC(=O)c1cc2cc(C)ccc2o1. The molecule has 0 unspecified atom stereocenters. The first kappa shape index (κ1) is 11.6. The second-order valence-corrected chi connectivity index (χ2v) is 4.36. The second-order valence-electron chi connectivity index (χ2n) is 4.36. The molecule has 0 spiro atoms. The molecule has 88 valence electrons. The molecule has 0 fully saturated rings. The van der Waals surface area contributed by atoms with Crippen LogP contribution < -0.4 is 0 Å². The van der Waals surface area contributed by atoms with E-state index in [0.717, 1.165) is 28.5 Å². The van der Waals surface area contributed by atoms with Crippen molar-refractivity contribution in [2.75, 3.05) is 0 Å². The van der Waals surface area contributed by atoms with E-state index in [1.807, 2.05) is 38.1 Å². The van der Waals surface area contributed by atoms with E-state index in [-0.39, 0.29) is 5.78 Å². The Morgan fingerprint density at radius 1 is 1.35 bits per heavy atom. The molecule has 0 atom stereocenters. The van der Waals surface area contributed by atoms with E-state index in [1.165, 1.54) is 0 Å². The maximum atomic E-state index is 11.9. The highest BCUT2D eigenvalue weighted by Gasteiger charge is 2.12. The number of Topliss-reactive ketones (excluding diaryl/α,β-unsaturated/α-hetero) is 1. The number of aryl methyl sites for hydroxylation is 1. The van der Waals surface area contributed by atoms with E-state index in [0.29, 0.717) is 12.2 Å². The largest absolute Gasteiger partial charge is 0.453 e. The third kappa shape index (κ3) is 2.47. The molecule has 0 bridgehead atoms. The monoisotopic (exact) mass is 228 g/mol. The van der Waals surface area contributed by atoms with Gasteiger partial charge in [-0.2, -0.15) is 0 Å². The average Bonchev–Trinajstić information content (AvgIpc) is 2.71. The predicted octanol–water partition coefficient (Wildman–Crippen LogP) is 4.28. The summed E-state index contributed by atoms with van der Waals surface area (Å²) < 4.78 is 5.54. The third-order valence-corrected chi connectivity index (χ3v) is 2.86. The van der Waals surface area contributed by atoms with Gasteiger partial charge in [0.15, 0.2) is 5.76 Å². The molecule has 0 aliphatic rings. The summed E-state index contributed by atoms with van der Waals surface area (Å²) in [6.45, 7) is 7.86. The van der Waals surface area contributed by atoms with Crippen molar-refractivity contribution < 1.29 is 9.21 Å². The van der Waals surface area contributed by atoms with Crippen molar-refractivity contribution in [3.05, 3.63) is 47.7 Å². The van der Waals surface area contributed by atoms with E-state index in [2.05, 4.69) is 6.58 Å².